The fourth-order valence-corrected chi connectivity index (χ4v) is 2.72. The second-order valence-electron chi connectivity index (χ2n) is 4.29. The van der Waals surface area contributed by atoms with E-state index in [0.29, 0.717) is 10.4 Å². The van der Waals surface area contributed by atoms with E-state index in [1.165, 1.54) is 24.3 Å². The molecule has 2 aromatic heterocycles. The van der Waals surface area contributed by atoms with Crippen LogP contribution < -0.4 is 5.32 Å². The van der Waals surface area contributed by atoms with Gasteiger partial charge >= 0.3 is 5.00 Å². The molecule has 10 heteroatoms. The molecule has 1 N–H and O–H groups in total. The highest BCUT2D eigenvalue weighted by atomic mass is 32.1. The minimum atomic E-state index is -0.607. The molecule has 0 saturated heterocycles. The maximum Gasteiger partial charge on any atom is 0.324 e. The van der Waals surface area contributed by atoms with E-state index >= 15 is 0 Å². The zero-order chi connectivity index (χ0) is 15.9. The summed E-state index contributed by atoms with van der Waals surface area (Å²) in [6.45, 7) is 0. The number of hydrogen-bond donors (Lipinski definition) is 1. The molecule has 0 unspecified atom stereocenters. The molecule has 0 bridgehead atoms. The Hall–Kier alpha value is -3.14. The molecule has 1 aliphatic heterocycles. The van der Waals surface area contributed by atoms with Crippen LogP contribution in [-0.4, -0.2) is 20.7 Å². The lowest BCUT2D eigenvalue weighted by molar-refractivity contribution is -0.385. The van der Waals surface area contributed by atoms with E-state index in [0.717, 1.165) is 17.5 Å². The minimum Gasteiger partial charge on any atom is -0.306 e. The summed E-state index contributed by atoms with van der Waals surface area (Å²) in [6, 6.07) is 4.08. The molecule has 1 aliphatic rings. The Morgan fingerprint density at radius 2 is 2.00 bits per heavy atom. The van der Waals surface area contributed by atoms with Crippen LogP contribution in [0.25, 0.3) is 11.6 Å². The molecule has 0 saturated carbocycles. The van der Waals surface area contributed by atoms with Crippen LogP contribution >= 0.6 is 11.3 Å². The van der Waals surface area contributed by atoms with Gasteiger partial charge in [0.1, 0.15) is 12.0 Å². The van der Waals surface area contributed by atoms with E-state index in [2.05, 4.69) is 10.3 Å². The first-order chi connectivity index (χ1) is 10.5. The van der Waals surface area contributed by atoms with E-state index in [-0.39, 0.29) is 22.1 Å². The van der Waals surface area contributed by atoms with Gasteiger partial charge in [0.25, 0.3) is 11.6 Å². The first-order valence-corrected chi connectivity index (χ1v) is 6.69. The average molecular weight is 318 g/mol. The number of aromatic nitrogens is 1. The van der Waals surface area contributed by atoms with Gasteiger partial charge in [0.05, 0.1) is 15.4 Å². The van der Waals surface area contributed by atoms with Crippen molar-refractivity contribution in [3.8, 4) is 0 Å². The van der Waals surface area contributed by atoms with Crippen molar-refractivity contribution in [2.24, 2.45) is 0 Å². The Balaban J connectivity index is 2.06. The van der Waals surface area contributed by atoms with Crippen LogP contribution in [0.1, 0.15) is 10.4 Å². The zero-order valence-corrected chi connectivity index (χ0v) is 11.5. The van der Waals surface area contributed by atoms with E-state index < -0.39 is 15.8 Å². The summed E-state index contributed by atoms with van der Waals surface area (Å²) in [6.07, 6.45) is 2.50. The average Bonchev–Trinajstić information content (AvgIpc) is 3.04. The predicted octanol–water partition coefficient (Wildman–Crippen LogP) is 2.45. The summed E-state index contributed by atoms with van der Waals surface area (Å²) in [5.41, 5.74) is 0.247. The molecule has 0 atom stereocenters. The zero-order valence-electron chi connectivity index (χ0n) is 10.7. The van der Waals surface area contributed by atoms with Crippen LogP contribution in [0.3, 0.4) is 0 Å². The van der Waals surface area contributed by atoms with Crippen molar-refractivity contribution in [1.29, 1.82) is 0 Å². The van der Waals surface area contributed by atoms with Gasteiger partial charge in [0.15, 0.2) is 0 Å². The lowest BCUT2D eigenvalue weighted by Gasteiger charge is -1.97. The first kappa shape index (κ1) is 13.8. The summed E-state index contributed by atoms with van der Waals surface area (Å²) in [5.74, 6) is -0.230. The van der Waals surface area contributed by atoms with Crippen LogP contribution in [0.4, 0.5) is 16.5 Å². The van der Waals surface area contributed by atoms with Gasteiger partial charge in [-0.15, -0.1) is 0 Å². The van der Waals surface area contributed by atoms with E-state index in [9.17, 15) is 25.0 Å². The number of pyridine rings is 1. The number of hydrogen-bond acceptors (Lipinski definition) is 7. The summed E-state index contributed by atoms with van der Waals surface area (Å²) in [4.78, 5) is 36.6. The largest absolute Gasteiger partial charge is 0.324 e. The van der Waals surface area contributed by atoms with Crippen molar-refractivity contribution >= 4 is 45.4 Å². The number of nitrogens with one attached hydrogen (secondary N) is 1. The Morgan fingerprint density at radius 1 is 1.23 bits per heavy atom. The number of nitrogens with zero attached hydrogens (tertiary/aromatic N) is 3. The van der Waals surface area contributed by atoms with Crippen LogP contribution in [0.2, 0.25) is 0 Å². The van der Waals surface area contributed by atoms with E-state index in [4.69, 9.17) is 0 Å². The summed E-state index contributed by atoms with van der Waals surface area (Å²) in [5, 5.41) is 23.9. The SMILES string of the molecule is O=C1Nc2ncc([N+](=O)[O-])cc2C1=Cc1ccc([N+](=O)[O-])s1. The van der Waals surface area contributed by atoms with Gasteiger partial charge in [0, 0.05) is 22.6 Å². The summed E-state index contributed by atoms with van der Waals surface area (Å²) in [7, 11) is 0. The highest BCUT2D eigenvalue weighted by Crippen LogP contribution is 2.35. The van der Waals surface area contributed by atoms with Gasteiger partial charge < -0.3 is 5.32 Å². The molecule has 0 aliphatic carbocycles. The molecule has 0 spiro atoms. The maximum atomic E-state index is 11.9. The topological polar surface area (TPSA) is 128 Å². The number of carbonyl (C=O) groups is 1. The maximum absolute atomic E-state index is 11.9. The number of rotatable bonds is 3. The number of amides is 1. The molecule has 3 heterocycles. The Labute approximate surface area is 126 Å². The van der Waals surface area contributed by atoms with Gasteiger partial charge in [-0.25, -0.2) is 4.98 Å². The number of carbonyl (C=O) groups excluding carboxylic acids is 1. The normalized spacial score (nSPS) is 14.7. The lowest BCUT2D eigenvalue weighted by atomic mass is 10.1. The molecular weight excluding hydrogens is 312 g/mol. The third-order valence-electron chi connectivity index (χ3n) is 2.93. The summed E-state index contributed by atoms with van der Waals surface area (Å²) >= 11 is 0.905. The van der Waals surface area contributed by atoms with Crippen molar-refractivity contribution in [3.63, 3.8) is 0 Å². The molecule has 3 rings (SSSR count). The molecule has 2 aromatic rings. The highest BCUT2D eigenvalue weighted by molar-refractivity contribution is 7.16. The van der Waals surface area contributed by atoms with Crippen molar-refractivity contribution < 1.29 is 14.6 Å². The molecule has 1 amide bonds. The molecule has 110 valence electrons. The quantitative estimate of drug-likeness (QED) is 0.526. The third kappa shape index (κ3) is 2.31. The highest BCUT2D eigenvalue weighted by Gasteiger charge is 2.28. The second-order valence-corrected chi connectivity index (χ2v) is 5.39. The number of nitro groups is 2. The number of fused-ring (bicyclic) bond motifs is 1. The van der Waals surface area contributed by atoms with E-state index in [1.807, 2.05) is 0 Å². The molecule has 0 aromatic carbocycles. The van der Waals surface area contributed by atoms with Crippen LogP contribution in [0.5, 0.6) is 0 Å². The second kappa shape index (κ2) is 5.00. The third-order valence-corrected chi connectivity index (χ3v) is 3.91. The molecular formula is C12H6N4O5S. The van der Waals surface area contributed by atoms with Crippen molar-refractivity contribution in [2.45, 2.75) is 0 Å². The molecule has 22 heavy (non-hydrogen) atoms. The van der Waals surface area contributed by atoms with Gasteiger partial charge in [-0.05, 0) is 12.1 Å². The van der Waals surface area contributed by atoms with Crippen molar-refractivity contribution in [1.82, 2.24) is 4.98 Å². The Kier molecular flexibility index (Phi) is 3.14. The fourth-order valence-electron chi connectivity index (χ4n) is 1.96. The van der Waals surface area contributed by atoms with Crippen LogP contribution in [-0.2, 0) is 4.79 Å². The Bertz CT molecular complexity index is 857. The smallest absolute Gasteiger partial charge is 0.306 e. The lowest BCUT2D eigenvalue weighted by Crippen LogP contribution is -2.04. The van der Waals surface area contributed by atoms with Crippen molar-refractivity contribution in [3.05, 3.63) is 55.1 Å². The molecule has 0 fully saturated rings. The first-order valence-electron chi connectivity index (χ1n) is 5.88. The standard InChI is InChI=1S/C12H6N4O5S/c17-12-9(4-7-1-2-10(22-7)16(20)21)8-3-6(15(18)19)5-13-11(8)14-12/h1-5H,(H,13,14,17). The molecule has 9 nitrogen and oxygen atoms in total. The van der Waals surface area contributed by atoms with Gasteiger partial charge in [-0.1, -0.05) is 11.3 Å². The van der Waals surface area contributed by atoms with Crippen molar-refractivity contribution in [2.75, 3.05) is 5.32 Å². The van der Waals surface area contributed by atoms with Crippen LogP contribution in [0, 0.1) is 20.2 Å². The number of thiophene rings is 1. The predicted molar refractivity (Wildman–Crippen MR) is 78.4 cm³/mol. The monoisotopic (exact) mass is 318 g/mol. The van der Waals surface area contributed by atoms with Gasteiger partial charge in [-0.2, -0.15) is 0 Å². The van der Waals surface area contributed by atoms with E-state index in [1.54, 1.807) is 0 Å². The summed E-state index contributed by atoms with van der Waals surface area (Å²) < 4.78 is 0. The van der Waals surface area contributed by atoms with Crippen LogP contribution in [0.15, 0.2) is 24.4 Å². The van der Waals surface area contributed by atoms with Gasteiger partial charge in [0.2, 0.25) is 0 Å². The number of anilines is 1. The minimum absolute atomic E-state index is 0.0531. The Morgan fingerprint density at radius 3 is 2.64 bits per heavy atom. The van der Waals surface area contributed by atoms with Gasteiger partial charge in [-0.3, -0.25) is 25.0 Å². The molecule has 0 radical (unpaired) electrons. The fraction of sp³-hybridized carbons (Fsp3) is 0.